The van der Waals surface area contributed by atoms with E-state index in [1.54, 1.807) is 24.5 Å². The molecule has 1 fully saturated rings. The first kappa shape index (κ1) is 14.8. The Bertz CT molecular complexity index is 712. The van der Waals surface area contributed by atoms with E-state index in [2.05, 4.69) is 23.8 Å². The highest BCUT2D eigenvalue weighted by atomic mass is 16.3. The molecule has 1 aliphatic rings. The van der Waals surface area contributed by atoms with Gasteiger partial charge in [-0.15, -0.1) is 0 Å². The third-order valence-corrected chi connectivity index (χ3v) is 3.36. The second-order valence-electron chi connectivity index (χ2n) is 4.83. The molecule has 1 aromatic rings. The van der Waals surface area contributed by atoms with Crippen molar-refractivity contribution in [2.45, 2.75) is 25.8 Å². The molecule has 1 unspecified atom stereocenters. The van der Waals surface area contributed by atoms with Crippen LogP contribution in [0.15, 0.2) is 36.0 Å². The largest absolute Gasteiger partial charge is 0.462 e. The summed E-state index contributed by atoms with van der Waals surface area (Å²) in [6.07, 6.45) is 7.45. The second kappa shape index (κ2) is 6.26. The van der Waals surface area contributed by atoms with E-state index in [0.29, 0.717) is 23.9 Å². The normalized spacial score (nSPS) is 20.8. The number of amides is 2. The molecule has 1 aliphatic heterocycles. The van der Waals surface area contributed by atoms with Gasteiger partial charge in [0.05, 0.1) is 5.69 Å². The quantitative estimate of drug-likeness (QED) is 0.804. The number of hydrogen-bond acceptors (Lipinski definition) is 4. The molecule has 2 N–H and O–H groups in total. The smallest absolute Gasteiger partial charge is 0.249 e. The Morgan fingerprint density at radius 3 is 2.86 bits per heavy atom. The molecule has 5 heteroatoms. The Morgan fingerprint density at radius 1 is 1.48 bits per heavy atom. The van der Waals surface area contributed by atoms with Gasteiger partial charge in [-0.25, -0.2) is 0 Å². The maximum Gasteiger partial charge on any atom is 0.249 e. The van der Waals surface area contributed by atoms with Gasteiger partial charge >= 0.3 is 0 Å². The van der Waals surface area contributed by atoms with E-state index in [0.717, 1.165) is 10.8 Å². The van der Waals surface area contributed by atoms with Gasteiger partial charge in [0.1, 0.15) is 17.7 Å². The van der Waals surface area contributed by atoms with E-state index in [4.69, 9.17) is 4.42 Å². The molecule has 0 radical (unpaired) electrons. The maximum atomic E-state index is 11.8. The van der Waals surface area contributed by atoms with Crippen LogP contribution in [0.1, 0.15) is 19.8 Å². The molecule has 1 saturated heterocycles. The van der Waals surface area contributed by atoms with Crippen molar-refractivity contribution in [2.24, 2.45) is 0 Å². The summed E-state index contributed by atoms with van der Waals surface area (Å²) in [5, 5.41) is 6.30. The molecule has 5 nitrogen and oxygen atoms in total. The molecule has 0 aliphatic carbocycles. The summed E-state index contributed by atoms with van der Waals surface area (Å²) in [4.78, 5) is 23.0. The molecule has 2 amide bonds. The third-order valence-electron chi connectivity index (χ3n) is 3.36. The van der Waals surface area contributed by atoms with Gasteiger partial charge in [0.15, 0.2) is 0 Å². The maximum absolute atomic E-state index is 11.8. The van der Waals surface area contributed by atoms with Gasteiger partial charge in [-0.3, -0.25) is 14.9 Å². The van der Waals surface area contributed by atoms with Crippen molar-refractivity contribution in [3.63, 3.8) is 0 Å². The van der Waals surface area contributed by atoms with Crippen molar-refractivity contribution < 1.29 is 14.0 Å². The van der Waals surface area contributed by atoms with Crippen molar-refractivity contribution in [3.8, 4) is 0 Å². The first-order valence-corrected chi connectivity index (χ1v) is 6.70. The lowest BCUT2D eigenvalue weighted by Crippen LogP contribution is -2.48. The zero-order valence-electron chi connectivity index (χ0n) is 11.9. The number of nitrogens with one attached hydrogen (secondary N) is 2. The van der Waals surface area contributed by atoms with Crippen LogP contribution in [0.3, 0.4) is 0 Å². The molecule has 110 valence electrons. The predicted molar refractivity (Wildman–Crippen MR) is 81.7 cm³/mol. The van der Waals surface area contributed by atoms with Crippen LogP contribution in [0.2, 0.25) is 0 Å². The number of rotatable bonds is 4. The molecular formula is C16H18N2O3. The van der Waals surface area contributed by atoms with Crippen molar-refractivity contribution in [2.75, 3.05) is 5.32 Å². The lowest BCUT2D eigenvalue weighted by molar-refractivity contribution is -0.133. The minimum Gasteiger partial charge on any atom is -0.462 e. The van der Waals surface area contributed by atoms with E-state index in [1.807, 2.05) is 6.92 Å². The van der Waals surface area contributed by atoms with Crippen LogP contribution in [-0.4, -0.2) is 17.9 Å². The first-order valence-electron chi connectivity index (χ1n) is 6.70. The van der Waals surface area contributed by atoms with Crippen LogP contribution in [-0.2, 0) is 9.59 Å². The summed E-state index contributed by atoms with van der Waals surface area (Å²) < 4.78 is 5.50. The van der Waals surface area contributed by atoms with Gasteiger partial charge in [0.2, 0.25) is 11.8 Å². The van der Waals surface area contributed by atoms with Crippen LogP contribution < -0.4 is 21.3 Å². The van der Waals surface area contributed by atoms with Gasteiger partial charge in [-0.1, -0.05) is 25.3 Å². The standard InChI is InChI=1S/C16H18N2O3/c1-4-6-13-15(10(3)5-2)12(9-21-13)17-11-7-8-14(19)18-16(11)20/h4-6,9,11,17H,1-2,7-8H2,3H3,(H,18,19,20)/b13-6+,15-10-. The Morgan fingerprint density at radius 2 is 2.24 bits per heavy atom. The van der Waals surface area contributed by atoms with Crippen LogP contribution in [0.5, 0.6) is 0 Å². The number of anilines is 1. The molecule has 2 heterocycles. The molecule has 0 spiro atoms. The molecule has 0 bridgehead atoms. The Labute approximate surface area is 122 Å². The lowest BCUT2D eigenvalue weighted by Gasteiger charge is -2.22. The number of carbonyl (C=O) groups is 2. The van der Waals surface area contributed by atoms with E-state index in [-0.39, 0.29) is 11.8 Å². The summed E-state index contributed by atoms with van der Waals surface area (Å²) in [5.41, 5.74) is 2.28. The monoisotopic (exact) mass is 286 g/mol. The summed E-state index contributed by atoms with van der Waals surface area (Å²) in [6.45, 7) is 9.33. The molecule has 1 atom stereocenters. The molecule has 0 saturated carbocycles. The van der Waals surface area contributed by atoms with Crippen molar-refractivity contribution in [3.05, 3.63) is 42.2 Å². The van der Waals surface area contributed by atoms with E-state index < -0.39 is 6.04 Å². The Kier molecular flexibility index (Phi) is 4.42. The van der Waals surface area contributed by atoms with Gasteiger partial charge in [0.25, 0.3) is 0 Å². The zero-order chi connectivity index (χ0) is 15.4. The number of piperidine rings is 1. The van der Waals surface area contributed by atoms with E-state index >= 15 is 0 Å². The average Bonchev–Trinajstić information content (AvgIpc) is 2.84. The van der Waals surface area contributed by atoms with E-state index in [9.17, 15) is 9.59 Å². The molecule has 0 aromatic carbocycles. The van der Waals surface area contributed by atoms with Crippen molar-refractivity contribution in [1.29, 1.82) is 0 Å². The Balaban J connectivity index is 2.40. The highest BCUT2D eigenvalue weighted by molar-refractivity contribution is 6.01. The highest BCUT2D eigenvalue weighted by Crippen LogP contribution is 2.11. The van der Waals surface area contributed by atoms with Gasteiger partial charge < -0.3 is 9.73 Å². The summed E-state index contributed by atoms with van der Waals surface area (Å²) in [7, 11) is 0. The average molecular weight is 286 g/mol. The van der Waals surface area contributed by atoms with Crippen molar-refractivity contribution >= 4 is 29.2 Å². The number of hydrogen-bond donors (Lipinski definition) is 2. The number of imide groups is 1. The summed E-state index contributed by atoms with van der Waals surface area (Å²) in [6, 6.07) is -0.451. The minimum absolute atomic E-state index is 0.236. The summed E-state index contributed by atoms with van der Waals surface area (Å²) in [5.74, 6) is -0.552. The second-order valence-corrected chi connectivity index (χ2v) is 4.83. The molecule has 2 rings (SSSR count). The number of carbonyl (C=O) groups excluding carboxylic acids is 2. The fraction of sp³-hybridized carbons (Fsp3) is 0.250. The van der Waals surface area contributed by atoms with Crippen LogP contribution in [0, 0.1) is 0 Å². The third kappa shape index (κ3) is 3.13. The number of furan rings is 1. The van der Waals surface area contributed by atoms with Crippen LogP contribution >= 0.6 is 0 Å². The van der Waals surface area contributed by atoms with Gasteiger partial charge in [0, 0.05) is 11.6 Å². The van der Waals surface area contributed by atoms with Gasteiger partial charge in [-0.05, 0) is 25.0 Å². The zero-order valence-corrected chi connectivity index (χ0v) is 11.9. The minimum atomic E-state index is -0.451. The van der Waals surface area contributed by atoms with E-state index in [1.165, 1.54) is 0 Å². The fourth-order valence-electron chi connectivity index (χ4n) is 2.24. The number of allylic oxidation sites excluding steroid dienone is 2. The van der Waals surface area contributed by atoms with Crippen LogP contribution in [0.4, 0.5) is 5.69 Å². The van der Waals surface area contributed by atoms with Crippen LogP contribution in [0.25, 0.3) is 11.6 Å². The summed E-state index contributed by atoms with van der Waals surface area (Å²) >= 11 is 0. The highest BCUT2D eigenvalue weighted by Gasteiger charge is 2.26. The molecular weight excluding hydrogens is 268 g/mol. The lowest BCUT2D eigenvalue weighted by atomic mass is 10.1. The fourth-order valence-corrected chi connectivity index (χ4v) is 2.24. The first-order chi connectivity index (χ1) is 10.1. The molecule has 21 heavy (non-hydrogen) atoms. The Hall–Kier alpha value is -2.56. The molecule has 1 aromatic heterocycles. The van der Waals surface area contributed by atoms with Gasteiger partial charge in [-0.2, -0.15) is 0 Å². The predicted octanol–water partition coefficient (Wildman–Crippen LogP) is 0.820. The SMILES string of the molecule is C=C/C=c1/occ(NC2CCC(=O)NC2=O)/c1=C(\C)C=C. The van der Waals surface area contributed by atoms with Crippen molar-refractivity contribution in [1.82, 2.24) is 5.32 Å². The topological polar surface area (TPSA) is 71.3 Å².